The third-order valence-corrected chi connectivity index (χ3v) is 5.19. The van der Waals surface area contributed by atoms with Crippen molar-refractivity contribution in [1.82, 2.24) is 10.2 Å². The first-order chi connectivity index (χ1) is 11.7. The Balaban J connectivity index is 0.00000169. The zero-order valence-corrected chi connectivity index (χ0v) is 17.2. The van der Waals surface area contributed by atoms with Crippen LogP contribution in [0.15, 0.2) is 24.3 Å². The molecule has 1 unspecified atom stereocenters. The van der Waals surface area contributed by atoms with Gasteiger partial charge in [0.05, 0.1) is 0 Å². The summed E-state index contributed by atoms with van der Waals surface area (Å²) in [5.74, 6) is 0.773. The van der Waals surface area contributed by atoms with Gasteiger partial charge in [0.1, 0.15) is 0 Å². The van der Waals surface area contributed by atoms with E-state index in [-0.39, 0.29) is 36.8 Å². The molecule has 1 aliphatic heterocycles. The third kappa shape index (κ3) is 6.62. The summed E-state index contributed by atoms with van der Waals surface area (Å²) in [6.45, 7) is 7.63. The Bertz CT molecular complexity index is 560. The number of hydrogen-bond donors (Lipinski definition) is 2. The number of nitrogens with two attached hydrogens (primary N) is 1. The lowest BCUT2D eigenvalue weighted by atomic mass is 10.1. The summed E-state index contributed by atoms with van der Waals surface area (Å²) in [4.78, 5) is 16.9. The van der Waals surface area contributed by atoms with Gasteiger partial charge in [0.2, 0.25) is 5.91 Å². The van der Waals surface area contributed by atoms with E-state index in [1.165, 1.54) is 24.1 Å². The van der Waals surface area contributed by atoms with Gasteiger partial charge >= 0.3 is 0 Å². The molecule has 3 rings (SSSR count). The number of nitrogens with one attached hydrogen (secondary N) is 1. The minimum atomic E-state index is 0. The fourth-order valence-electron chi connectivity index (χ4n) is 3.46. The number of nitrogens with zero attached hydrogens (tertiary/aromatic N) is 2. The quantitative estimate of drug-likeness (QED) is 0.733. The highest BCUT2D eigenvalue weighted by atomic mass is 35.5. The molecule has 3 N–H and O–H groups in total. The molecule has 1 aromatic carbocycles. The number of amides is 1. The van der Waals surface area contributed by atoms with Crippen LogP contribution in [-0.2, 0) is 4.79 Å². The lowest BCUT2D eigenvalue weighted by Gasteiger charge is -2.36. The maximum atomic E-state index is 12.1. The summed E-state index contributed by atoms with van der Waals surface area (Å²) in [7, 11) is 0. The van der Waals surface area contributed by atoms with E-state index in [0.29, 0.717) is 18.9 Å². The Hall–Kier alpha value is -1.01. The van der Waals surface area contributed by atoms with Gasteiger partial charge in [0, 0.05) is 57.4 Å². The first-order valence-corrected chi connectivity index (χ1v) is 9.19. The molecular weight excluding hydrogens is 371 g/mol. The number of carbonyl (C=O) groups is 1. The molecule has 1 atom stereocenters. The van der Waals surface area contributed by atoms with E-state index in [1.807, 2.05) is 0 Å². The number of halogens is 2. The standard InChI is InChI=1S/C19H30N4O.2ClH/c1-15-3-2-4-17(13-15)23-11-9-22(10-12-23)8-7-19(24)21-18(14-20)16-5-6-16;;/h2-4,13,16,18H,5-12,14,20H2,1H3,(H,21,24);2*1H. The van der Waals surface area contributed by atoms with Crippen molar-refractivity contribution < 1.29 is 4.79 Å². The summed E-state index contributed by atoms with van der Waals surface area (Å²) in [5, 5.41) is 3.11. The van der Waals surface area contributed by atoms with E-state index in [9.17, 15) is 4.79 Å². The van der Waals surface area contributed by atoms with Gasteiger partial charge < -0.3 is 16.0 Å². The van der Waals surface area contributed by atoms with Crippen molar-refractivity contribution in [3.8, 4) is 0 Å². The molecule has 0 bridgehead atoms. The van der Waals surface area contributed by atoms with Gasteiger partial charge in [-0.25, -0.2) is 0 Å². The molecular formula is C19H32Cl2N4O. The summed E-state index contributed by atoms with van der Waals surface area (Å²) < 4.78 is 0. The molecule has 26 heavy (non-hydrogen) atoms. The average Bonchev–Trinajstić information content (AvgIpc) is 3.43. The van der Waals surface area contributed by atoms with Gasteiger partial charge in [-0.3, -0.25) is 9.69 Å². The minimum Gasteiger partial charge on any atom is -0.369 e. The van der Waals surface area contributed by atoms with E-state index in [1.54, 1.807) is 0 Å². The fraction of sp³-hybridized carbons (Fsp3) is 0.632. The molecule has 1 heterocycles. The highest BCUT2D eigenvalue weighted by Crippen LogP contribution is 2.32. The van der Waals surface area contributed by atoms with E-state index >= 15 is 0 Å². The molecule has 1 saturated carbocycles. The number of piperazine rings is 1. The van der Waals surface area contributed by atoms with Gasteiger partial charge in [-0.2, -0.15) is 0 Å². The topological polar surface area (TPSA) is 61.6 Å². The minimum absolute atomic E-state index is 0. The van der Waals surface area contributed by atoms with Crippen LogP contribution in [0.4, 0.5) is 5.69 Å². The van der Waals surface area contributed by atoms with Crippen molar-refractivity contribution in [2.24, 2.45) is 11.7 Å². The second-order valence-electron chi connectivity index (χ2n) is 7.16. The predicted octanol–water partition coefficient (Wildman–Crippen LogP) is 2.20. The lowest BCUT2D eigenvalue weighted by molar-refractivity contribution is -0.122. The number of anilines is 1. The molecule has 2 fully saturated rings. The van der Waals surface area contributed by atoms with Crippen LogP contribution >= 0.6 is 24.8 Å². The zero-order valence-electron chi connectivity index (χ0n) is 15.5. The molecule has 0 aromatic heterocycles. The molecule has 0 radical (unpaired) electrons. The SMILES string of the molecule is Cc1cccc(N2CCN(CCC(=O)NC(CN)C3CC3)CC2)c1.Cl.Cl. The van der Waals surface area contributed by atoms with Gasteiger partial charge in [0.25, 0.3) is 0 Å². The first kappa shape index (κ1) is 23.0. The number of aryl methyl sites for hydroxylation is 1. The predicted molar refractivity (Wildman–Crippen MR) is 113 cm³/mol. The van der Waals surface area contributed by atoms with Crippen molar-refractivity contribution in [1.29, 1.82) is 0 Å². The van der Waals surface area contributed by atoms with Crippen LogP contribution in [0.25, 0.3) is 0 Å². The van der Waals surface area contributed by atoms with E-state index in [4.69, 9.17) is 5.73 Å². The normalized spacial score (nSPS) is 18.5. The highest BCUT2D eigenvalue weighted by Gasteiger charge is 2.31. The van der Waals surface area contributed by atoms with Crippen LogP contribution in [0, 0.1) is 12.8 Å². The molecule has 5 nitrogen and oxygen atoms in total. The first-order valence-electron chi connectivity index (χ1n) is 9.19. The van der Waals surface area contributed by atoms with Crippen molar-refractivity contribution in [2.45, 2.75) is 32.2 Å². The Morgan fingerprint density at radius 3 is 2.50 bits per heavy atom. The van der Waals surface area contributed by atoms with Crippen molar-refractivity contribution in [2.75, 3.05) is 44.2 Å². The summed E-state index contributed by atoms with van der Waals surface area (Å²) in [6.07, 6.45) is 3.00. The molecule has 1 saturated heterocycles. The molecule has 2 aliphatic rings. The van der Waals surface area contributed by atoms with E-state index in [2.05, 4.69) is 46.3 Å². The van der Waals surface area contributed by atoms with Crippen LogP contribution in [-0.4, -0.2) is 56.1 Å². The van der Waals surface area contributed by atoms with E-state index in [0.717, 1.165) is 32.7 Å². The molecule has 0 spiro atoms. The van der Waals surface area contributed by atoms with Crippen LogP contribution in [0.5, 0.6) is 0 Å². The summed E-state index contributed by atoms with van der Waals surface area (Å²) in [6, 6.07) is 8.87. The second-order valence-corrected chi connectivity index (χ2v) is 7.16. The van der Waals surface area contributed by atoms with Crippen LogP contribution in [0.3, 0.4) is 0 Å². The van der Waals surface area contributed by atoms with Gasteiger partial charge in [-0.15, -0.1) is 24.8 Å². The molecule has 148 valence electrons. The Morgan fingerprint density at radius 1 is 1.23 bits per heavy atom. The second kappa shape index (κ2) is 11.0. The fourth-order valence-corrected chi connectivity index (χ4v) is 3.46. The number of rotatable bonds is 7. The van der Waals surface area contributed by atoms with Crippen molar-refractivity contribution in [3.05, 3.63) is 29.8 Å². The zero-order chi connectivity index (χ0) is 16.9. The number of carbonyl (C=O) groups excluding carboxylic acids is 1. The Kier molecular flexibility index (Phi) is 9.72. The monoisotopic (exact) mass is 402 g/mol. The van der Waals surface area contributed by atoms with Gasteiger partial charge in [-0.05, 0) is 43.4 Å². The lowest BCUT2D eigenvalue weighted by Crippen LogP contribution is -2.48. The molecule has 1 amide bonds. The third-order valence-electron chi connectivity index (χ3n) is 5.19. The Labute approximate surface area is 169 Å². The van der Waals surface area contributed by atoms with Crippen LogP contribution in [0.1, 0.15) is 24.8 Å². The Morgan fingerprint density at radius 2 is 1.92 bits per heavy atom. The van der Waals surface area contributed by atoms with Gasteiger partial charge in [0.15, 0.2) is 0 Å². The maximum Gasteiger partial charge on any atom is 0.221 e. The largest absolute Gasteiger partial charge is 0.369 e. The molecule has 1 aromatic rings. The van der Waals surface area contributed by atoms with Crippen molar-refractivity contribution in [3.63, 3.8) is 0 Å². The van der Waals surface area contributed by atoms with Crippen LogP contribution in [0.2, 0.25) is 0 Å². The average molecular weight is 403 g/mol. The molecule has 1 aliphatic carbocycles. The maximum absolute atomic E-state index is 12.1. The highest BCUT2D eigenvalue weighted by molar-refractivity contribution is 5.85. The molecule has 7 heteroatoms. The van der Waals surface area contributed by atoms with Gasteiger partial charge in [-0.1, -0.05) is 12.1 Å². The summed E-state index contributed by atoms with van der Waals surface area (Å²) >= 11 is 0. The van der Waals surface area contributed by atoms with Crippen molar-refractivity contribution >= 4 is 36.4 Å². The number of benzene rings is 1. The summed E-state index contributed by atoms with van der Waals surface area (Å²) in [5.41, 5.74) is 8.36. The van der Waals surface area contributed by atoms with E-state index < -0.39 is 0 Å². The number of hydrogen-bond acceptors (Lipinski definition) is 4. The van der Waals surface area contributed by atoms with Crippen LogP contribution < -0.4 is 16.0 Å². The smallest absolute Gasteiger partial charge is 0.221 e.